The number of ether oxygens (including phenoxy) is 4. The van der Waals surface area contributed by atoms with Gasteiger partial charge in [0.15, 0.2) is 0 Å². The lowest BCUT2D eigenvalue weighted by molar-refractivity contribution is -0.0106. The first-order chi connectivity index (χ1) is 19.1. The number of benzene rings is 2. The molecule has 3 aromatic rings. The van der Waals surface area contributed by atoms with Gasteiger partial charge in [-0.2, -0.15) is 5.10 Å². The van der Waals surface area contributed by atoms with Crippen molar-refractivity contribution in [1.82, 2.24) is 14.8 Å². The van der Waals surface area contributed by atoms with E-state index in [2.05, 4.69) is 64.4 Å². The molecule has 1 fully saturated rings. The van der Waals surface area contributed by atoms with E-state index in [0.29, 0.717) is 24.5 Å². The predicted octanol–water partition coefficient (Wildman–Crippen LogP) is 5.64. The molecule has 0 unspecified atom stereocenters. The van der Waals surface area contributed by atoms with Crippen LogP contribution < -0.4 is 14.4 Å². The molecule has 1 aromatic heterocycles. The van der Waals surface area contributed by atoms with Crippen LogP contribution >= 0.6 is 0 Å². The van der Waals surface area contributed by atoms with E-state index in [4.69, 9.17) is 18.9 Å². The first kappa shape index (κ1) is 27.5. The average molecular weight is 535 g/mol. The third-order valence-electron chi connectivity index (χ3n) is 8.23. The number of nitrogens with zero attached hydrogens (tertiary/aromatic N) is 4. The Balaban J connectivity index is 1.27. The van der Waals surface area contributed by atoms with E-state index in [1.807, 2.05) is 11.0 Å². The van der Waals surface area contributed by atoms with Crippen molar-refractivity contribution >= 4 is 5.69 Å². The molecular formula is C31H42N4O4. The van der Waals surface area contributed by atoms with Crippen LogP contribution in [0.3, 0.4) is 0 Å². The summed E-state index contributed by atoms with van der Waals surface area (Å²) in [6, 6.07) is 15.4. The third-order valence-corrected chi connectivity index (χ3v) is 8.23. The number of fused-ring (bicyclic) bond motifs is 1. The van der Waals surface area contributed by atoms with Crippen molar-refractivity contribution in [2.45, 2.75) is 63.7 Å². The van der Waals surface area contributed by atoms with E-state index < -0.39 is 0 Å². The highest BCUT2D eigenvalue weighted by atomic mass is 16.5. The van der Waals surface area contributed by atoms with Gasteiger partial charge in [0.25, 0.3) is 0 Å². The summed E-state index contributed by atoms with van der Waals surface area (Å²) in [5, 5.41) is 4.36. The third kappa shape index (κ3) is 6.92. The fraction of sp³-hybridized carbons (Fsp3) is 0.548. The minimum atomic E-state index is 0.168. The molecular weight excluding hydrogens is 492 g/mol. The van der Waals surface area contributed by atoms with E-state index in [9.17, 15) is 0 Å². The standard InChI is InChI=1S/C31H42N4O4/c1-23(35-22-32-21-33-35)17-24-5-11-30(28(18-24)26-7-9-27(37-3)10-8-26)39-20-25-6-12-31-29(19-25)34(14-16-38-31)13-4-15-36-2/h6-10,12,19,21-24,28,30H,4-5,11,13-18,20H2,1-3H3/t23-,24-,28+,30-/m0/s1. The monoisotopic (exact) mass is 534 g/mol. The second-order valence-electron chi connectivity index (χ2n) is 10.9. The topological polar surface area (TPSA) is 70.9 Å². The Morgan fingerprint density at radius 1 is 1.10 bits per heavy atom. The SMILES string of the molecule is COCCCN1CCOc2ccc(CO[C@H]3CC[C@@H](C[C@H](C)n4cncn4)C[C@@H]3c3ccc(OC)cc3)cc21. The summed E-state index contributed by atoms with van der Waals surface area (Å²) >= 11 is 0. The van der Waals surface area contributed by atoms with Gasteiger partial charge >= 0.3 is 0 Å². The molecule has 0 amide bonds. The highest BCUT2D eigenvalue weighted by molar-refractivity contribution is 5.61. The highest BCUT2D eigenvalue weighted by Crippen LogP contribution is 2.42. The van der Waals surface area contributed by atoms with Gasteiger partial charge in [-0.3, -0.25) is 4.68 Å². The molecule has 2 aromatic carbocycles. The number of hydrogen-bond acceptors (Lipinski definition) is 7. The molecule has 0 radical (unpaired) electrons. The van der Waals surface area contributed by atoms with E-state index in [1.165, 1.54) is 11.1 Å². The highest BCUT2D eigenvalue weighted by Gasteiger charge is 2.33. The molecule has 39 heavy (non-hydrogen) atoms. The molecule has 2 aliphatic rings. The average Bonchev–Trinajstić information content (AvgIpc) is 3.52. The molecule has 1 aliphatic heterocycles. The van der Waals surface area contributed by atoms with Crippen molar-refractivity contribution in [3.63, 3.8) is 0 Å². The number of aromatic nitrogens is 3. The fourth-order valence-electron chi connectivity index (χ4n) is 6.12. The first-order valence-electron chi connectivity index (χ1n) is 14.2. The number of rotatable bonds is 12. The second kappa shape index (κ2) is 13.3. The Hall–Kier alpha value is -3.10. The molecule has 8 heteroatoms. The van der Waals surface area contributed by atoms with Gasteiger partial charge in [0, 0.05) is 26.2 Å². The van der Waals surface area contributed by atoms with Gasteiger partial charge in [-0.15, -0.1) is 0 Å². The van der Waals surface area contributed by atoms with E-state index in [1.54, 1.807) is 20.5 Å². The summed E-state index contributed by atoms with van der Waals surface area (Å²) in [5.74, 6) is 2.79. The van der Waals surface area contributed by atoms with Gasteiger partial charge in [-0.1, -0.05) is 18.2 Å². The molecule has 0 saturated heterocycles. The zero-order chi connectivity index (χ0) is 27.0. The summed E-state index contributed by atoms with van der Waals surface area (Å²) in [4.78, 5) is 6.54. The van der Waals surface area contributed by atoms with Gasteiger partial charge in [0.05, 0.1) is 38.1 Å². The van der Waals surface area contributed by atoms with E-state index in [0.717, 1.165) is 75.6 Å². The Kier molecular flexibility index (Phi) is 9.37. The summed E-state index contributed by atoms with van der Waals surface area (Å²) < 4.78 is 25.3. The molecule has 1 saturated carbocycles. The molecule has 210 valence electrons. The lowest BCUT2D eigenvalue weighted by Crippen LogP contribution is -2.34. The predicted molar refractivity (Wildman–Crippen MR) is 152 cm³/mol. The number of anilines is 1. The summed E-state index contributed by atoms with van der Waals surface area (Å²) in [6.07, 6.45) is 8.99. The van der Waals surface area contributed by atoms with Crippen LogP contribution in [0, 0.1) is 5.92 Å². The van der Waals surface area contributed by atoms with Crippen LogP contribution in [0.5, 0.6) is 11.5 Å². The van der Waals surface area contributed by atoms with Gasteiger partial charge < -0.3 is 23.8 Å². The van der Waals surface area contributed by atoms with Crippen LogP contribution in [-0.4, -0.2) is 61.4 Å². The van der Waals surface area contributed by atoms with E-state index in [-0.39, 0.29) is 6.10 Å². The van der Waals surface area contributed by atoms with E-state index >= 15 is 0 Å². The maximum atomic E-state index is 6.70. The summed E-state index contributed by atoms with van der Waals surface area (Å²) in [6.45, 7) is 6.18. The molecule has 2 heterocycles. The van der Waals surface area contributed by atoms with Gasteiger partial charge in [-0.05, 0) is 80.3 Å². The van der Waals surface area contributed by atoms with Crippen molar-refractivity contribution in [2.24, 2.45) is 5.92 Å². The molecule has 0 bridgehead atoms. The van der Waals surface area contributed by atoms with Crippen molar-refractivity contribution in [1.29, 1.82) is 0 Å². The Morgan fingerprint density at radius 3 is 2.74 bits per heavy atom. The molecule has 4 atom stereocenters. The largest absolute Gasteiger partial charge is 0.497 e. The van der Waals surface area contributed by atoms with Crippen LogP contribution in [0.1, 0.15) is 62.1 Å². The Morgan fingerprint density at radius 2 is 1.97 bits per heavy atom. The molecule has 1 aliphatic carbocycles. The van der Waals surface area contributed by atoms with Gasteiger partial charge in [-0.25, -0.2) is 4.98 Å². The maximum Gasteiger partial charge on any atom is 0.142 e. The Labute approximate surface area is 232 Å². The van der Waals surface area contributed by atoms with Crippen LogP contribution in [0.4, 0.5) is 5.69 Å². The number of hydrogen-bond donors (Lipinski definition) is 0. The van der Waals surface area contributed by atoms with Crippen molar-refractivity contribution in [3.8, 4) is 11.5 Å². The second-order valence-corrected chi connectivity index (χ2v) is 10.9. The molecule has 0 N–H and O–H groups in total. The molecule has 8 nitrogen and oxygen atoms in total. The first-order valence-corrected chi connectivity index (χ1v) is 14.2. The quantitative estimate of drug-likeness (QED) is 0.278. The Bertz CT molecular complexity index is 1150. The van der Waals surface area contributed by atoms with Crippen LogP contribution in [-0.2, 0) is 16.1 Å². The summed E-state index contributed by atoms with van der Waals surface area (Å²) in [5.41, 5.74) is 3.67. The van der Waals surface area contributed by atoms with Crippen molar-refractivity contribution in [3.05, 3.63) is 66.2 Å². The van der Waals surface area contributed by atoms with Gasteiger partial charge in [0.2, 0.25) is 0 Å². The van der Waals surface area contributed by atoms with Gasteiger partial charge in [0.1, 0.15) is 30.8 Å². The smallest absolute Gasteiger partial charge is 0.142 e. The minimum absolute atomic E-state index is 0.168. The van der Waals surface area contributed by atoms with Crippen LogP contribution in [0.15, 0.2) is 55.1 Å². The van der Waals surface area contributed by atoms with Crippen molar-refractivity contribution in [2.75, 3.05) is 45.4 Å². The minimum Gasteiger partial charge on any atom is -0.497 e. The lowest BCUT2D eigenvalue weighted by Gasteiger charge is -2.37. The van der Waals surface area contributed by atoms with Crippen LogP contribution in [0.2, 0.25) is 0 Å². The summed E-state index contributed by atoms with van der Waals surface area (Å²) in [7, 11) is 3.47. The normalized spacial score (nSPS) is 21.7. The fourth-order valence-corrected chi connectivity index (χ4v) is 6.12. The maximum absolute atomic E-state index is 6.70. The zero-order valence-corrected chi connectivity index (χ0v) is 23.5. The molecule has 0 spiro atoms. The number of methoxy groups -OCH3 is 2. The lowest BCUT2D eigenvalue weighted by atomic mass is 9.74. The molecule has 5 rings (SSSR count). The zero-order valence-electron chi connectivity index (χ0n) is 23.5. The van der Waals surface area contributed by atoms with Crippen LogP contribution in [0.25, 0.3) is 0 Å². The van der Waals surface area contributed by atoms with Crippen molar-refractivity contribution < 1.29 is 18.9 Å².